The fraction of sp³-hybridized carbons (Fsp3) is 0.812. The van der Waals surface area contributed by atoms with Crippen LogP contribution in [0.1, 0.15) is 26.2 Å². The summed E-state index contributed by atoms with van der Waals surface area (Å²) in [6.07, 6.45) is 4.38. The van der Waals surface area contributed by atoms with Crippen LogP contribution < -0.4 is 5.32 Å². The van der Waals surface area contributed by atoms with Crippen molar-refractivity contribution >= 4 is 10.0 Å². The van der Waals surface area contributed by atoms with Crippen LogP contribution in [0.2, 0.25) is 0 Å². The third-order valence-electron chi connectivity index (χ3n) is 5.46. The average molecular weight is 356 g/mol. The van der Waals surface area contributed by atoms with Crippen LogP contribution in [0.5, 0.6) is 0 Å². The maximum absolute atomic E-state index is 12.8. The van der Waals surface area contributed by atoms with E-state index in [1.165, 1.54) is 17.3 Å². The second kappa shape index (κ2) is 6.74. The van der Waals surface area contributed by atoms with E-state index in [4.69, 9.17) is 4.74 Å². The van der Waals surface area contributed by atoms with Gasteiger partial charge in [0.05, 0.1) is 12.8 Å². The Labute approximate surface area is 144 Å². The quantitative estimate of drug-likeness (QED) is 0.783. The Kier molecular flexibility index (Phi) is 5.01. The third kappa shape index (κ3) is 3.51. The van der Waals surface area contributed by atoms with Gasteiger partial charge in [-0.2, -0.15) is 9.40 Å². The number of methoxy groups -OCH3 is 1. The van der Waals surface area contributed by atoms with Crippen molar-refractivity contribution in [2.75, 3.05) is 33.4 Å². The highest BCUT2D eigenvalue weighted by Crippen LogP contribution is 2.36. The minimum absolute atomic E-state index is 0.0234. The van der Waals surface area contributed by atoms with Gasteiger partial charge < -0.3 is 10.1 Å². The largest absolute Gasteiger partial charge is 0.384 e. The van der Waals surface area contributed by atoms with Crippen molar-refractivity contribution in [3.8, 4) is 0 Å². The van der Waals surface area contributed by atoms with Crippen LogP contribution in [0.3, 0.4) is 0 Å². The minimum atomic E-state index is -3.47. The van der Waals surface area contributed by atoms with Crippen LogP contribution in [-0.2, 0) is 21.8 Å². The van der Waals surface area contributed by atoms with E-state index in [-0.39, 0.29) is 10.4 Å². The monoisotopic (exact) mass is 356 g/mol. The molecular formula is C16H28N4O3S. The van der Waals surface area contributed by atoms with Gasteiger partial charge in [0.15, 0.2) is 5.03 Å². The molecule has 1 N–H and O–H groups in total. The van der Waals surface area contributed by atoms with Gasteiger partial charge in [-0.3, -0.25) is 4.68 Å². The van der Waals surface area contributed by atoms with E-state index in [2.05, 4.69) is 17.3 Å². The molecule has 1 saturated heterocycles. The molecule has 1 aliphatic carbocycles. The van der Waals surface area contributed by atoms with Crippen molar-refractivity contribution in [1.82, 2.24) is 19.4 Å². The van der Waals surface area contributed by atoms with E-state index in [0.29, 0.717) is 25.7 Å². The molecule has 1 aliphatic heterocycles. The van der Waals surface area contributed by atoms with Crippen molar-refractivity contribution in [1.29, 1.82) is 0 Å². The Morgan fingerprint density at radius 2 is 2.08 bits per heavy atom. The second-order valence-corrected chi connectivity index (χ2v) is 9.22. The highest BCUT2D eigenvalue weighted by atomic mass is 32.2. The Morgan fingerprint density at radius 3 is 2.58 bits per heavy atom. The smallest absolute Gasteiger partial charge is 0.260 e. The predicted molar refractivity (Wildman–Crippen MR) is 91.1 cm³/mol. The lowest BCUT2D eigenvalue weighted by Crippen LogP contribution is -2.49. The molecule has 8 heteroatoms. The first-order valence-electron chi connectivity index (χ1n) is 8.58. The summed E-state index contributed by atoms with van der Waals surface area (Å²) >= 11 is 0. The third-order valence-corrected chi connectivity index (χ3v) is 7.44. The summed E-state index contributed by atoms with van der Waals surface area (Å²) < 4.78 is 34.0. The van der Waals surface area contributed by atoms with Gasteiger partial charge in [0.2, 0.25) is 0 Å². The summed E-state index contributed by atoms with van der Waals surface area (Å²) in [5.74, 6) is 0.759. The second-order valence-electron chi connectivity index (χ2n) is 7.33. The molecule has 0 bridgehead atoms. The Hall–Kier alpha value is -0.960. The SMILES string of the molecule is COCC1(CNC2CC2C)CCN(S(=O)(=O)c2ccnn2C)CC1. The molecule has 3 rings (SSSR count). The summed E-state index contributed by atoms with van der Waals surface area (Å²) in [6, 6.07) is 2.18. The number of hydrogen-bond donors (Lipinski definition) is 1. The number of nitrogens with zero attached hydrogens (tertiary/aromatic N) is 3. The highest BCUT2D eigenvalue weighted by molar-refractivity contribution is 7.89. The molecule has 2 fully saturated rings. The average Bonchev–Trinajstić information content (AvgIpc) is 3.07. The van der Waals surface area contributed by atoms with E-state index in [0.717, 1.165) is 25.3 Å². The summed E-state index contributed by atoms with van der Waals surface area (Å²) in [7, 11) is -0.0877. The van der Waals surface area contributed by atoms with Gasteiger partial charge in [0.1, 0.15) is 0 Å². The van der Waals surface area contributed by atoms with Crippen molar-refractivity contribution in [3.63, 3.8) is 0 Å². The number of nitrogens with one attached hydrogen (secondary N) is 1. The number of aromatic nitrogens is 2. The van der Waals surface area contributed by atoms with Crippen LogP contribution in [0.15, 0.2) is 17.3 Å². The zero-order valence-electron chi connectivity index (χ0n) is 14.7. The molecule has 7 nitrogen and oxygen atoms in total. The van der Waals surface area contributed by atoms with Gasteiger partial charge in [-0.25, -0.2) is 8.42 Å². The molecule has 24 heavy (non-hydrogen) atoms. The maximum Gasteiger partial charge on any atom is 0.260 e. The summed E-state index contributed by atoms with van der Waals surface area (Å²) in [5.41, 5.74) is 0.0234. The van der Waals surface area contributed by atoms with Crippen molar-refractivity contribution < 1.29 is 13.2 Å². The van der Waals surface area contributed by atoms with Gasteiger partial charge >= 0.3 is 0 Å². The fourth-order valence-corrected chi connectivity index (χ4v) is 5.12. The van der Waals surface area contributed by atoms with Crippen LogP contribution in [0, 0.1) is 11.3 Å². The molecule has 0 aromatic carbocycles. The summed E-state index contributed by atoms with van der Waals surface area (Å²) in [5, 5.41) is 7.87. The van der Waals surface area contributed by atoms with Gasteiger partial charge in [0, 0.05) is 45.2 Å². The Balaban J connectivity index is 1.65. The van der Waals surface area contributed by atoms with E-state index in [1.54, 1.807) is 24.5 Å². The summed E-state index contributed by atoms with van der Waals surface area (Å²) in [4.78, 5) is 0. The van der Waals surface area contributed by atoms with E-state index in [1.807, 2.05) is 0 Å². The lowest BCUT2D eigenvalue weighted by Gasteiger charge is -2.41. The number of hydrogen-bond acceptors (Lipinski definition) is 5. The minimum Gasteiger partial charge on any atom is -0.384 e. The molecule has 2 heterocycles. The van der Waals surface area contributed by atoms with E-state index in [9.17, 15) is 8.42 Å². The molecule has 0 amide bonds. The number of piperidine rings is 1. The zero-order valence-corrected chi connectivity index (χ0v) is 15.6. The standard InChI is InChI=1S/C16H28N4O3S/c1-13-10-14(13)17-11-16(12-23-3)5-8-20(9-6-16)24(21,22)15-4-7-18-19(15)2/h4,7,13-14,17H,5-6,8-12H2,1-3H3. The molecule has 136 valence electrons. The van der Waals surface area contributed by atoms with Crippen LogP contribution in [0.4, 0.5) is 0 Å². The van der Waals surface area contributed by atoms with Crippen molar-refractivity contribution in [2.45, 2.75) is 37.3 Å². The first kappa shape index (κ1) is 17.8. The Bertz CT molecular complexity index is 665. The first-order chi connectivity index (χ1) is 11.4. The van der Waals surface area contributed by atoms with Gasteiger partial charge in [-0.15, -0.1) is 0 Å². The first-order valence-corrected chi connectivity index (χ1v) is 10.0. The van der Waals surface area contributed by atoms with Crippen molar-refractivity contribution in [3.05, 3.63) is 12.3 Å². The van der Waals surface area contributed by atoms with Crippen molar-refractivity contribution in [2.24, 2.45) is 18.4 Å². The van der Waals surface area contributed by atoms with Gasteiger partial charge in [-0.05, 0) is 31.2 Å². The molecule has 1 aromatic rings. The fourth-order valence-electron chi connectivity index (χ4n) is 3.58. The highest BCUT2D eigenvalue weighted by Gasteiger charge is 2.41. The molecule has 2 atom stereocenters. The number of sulfonamides is 1. The van der Waals surface area contributed by atoms with Crippen LogP contribution in [0.25, 0.3) is 0 Å². The molecule has 1 saturated carbocycles. The molecule has 0 radical (unpaired) electrons. The molecule has 1 aromatic heterocycles. The number of ether oxygens (including phenoxy) is 1. The predicted octanol–water partition coefficient (Wildman–Crippen LogP) is 0.835. The topological polar surface area (TPSA) is 76.5 Å². The lowest BCUT2D eigenvalue weighted by molar-refractivity contribution is 0.0385. The van der Waals surface area contributed by atoms with Crippen LogP contribution in [-0.4, -0.2) is 61.9 Å². The molecular weight excluding hydrogens is 328 g/mol. The summed E-state index contributed by atoms with van der Waals surface area (Å²) in [6.45, 7) is 4.87. The zero-order chi connectivity index (χ0) is 17.4. The maximum atomic E-state index is 12.8. The van der Waals surface area contributed by atoms with Gasteiger partial charge in [0.25, 0.3) is 10.0 Å². The molecule has 2 aliphatic rings. The Morgan fingerprint density at radius 1 is 1.42 bits per heavy atom. The number of aryl methyl sites for hydroxylation is 1. The molecule has 2 unspecified atom stereocenters. The normalized spacial score (nSPS) is 27.3. The van der Waals surface area contributed by atoms with E-state index >= 15 is 0 Å². The van der Waals surface area contributed by atoms with E-state index < -0.39 is 10.0 Å². The number of rotatable bonds is 7. The van der Waals surface area contributed by atoms with Gasteiger partial charge in [-0.1, -0.05) is 6.92 Å². The molecule has 0 spiro atoms. The lowest BCUT2D eigenvalue weighted by atomic mass is 9.79. The van der Waals surface area contributed by atoms with Crippen LogP contribution >= 0.6 is 0 Å².